The molecule has 1 aromatic rings. The van der Waals surface area contributed by atoms with Gasteiger partial charge in [-0.25, -0.2) is 22.7 Å². The number of piperidine rings is 1. The van der Waals surface area contributed by atoms with Crippen LogP contribution in [0, 0.1) is 0 Å². The SMILES string of the molecule is CNc1c(Cl)ncnc1NC1CCN(S(=O)(=O)C2CC2)CC1. The maximum atomic E-state index is 12.2. The van der Waals surface area contributed by atoms with Gasteiger partial charge in [-0.05, 0) is 25.7 Å². The van der Waals surface area contributed by atoms with E-state index in [-0.39, 0.29) is 11.3 Å². The second kappa shape index (κ2) is 6.17. The van der Waals surface area contributed by atoms with Gasteiger partial charge in [-0.2, -0.15) is 0 Å². The van der Waals surface area contributed by atoms with Gasteiger partial charge in [0.2, 0.25) is 10.0 Å². The van der Waals surface area contributed by atoms with Gasteiger partial charge in [-0.3, -0.25) is 0 Å². The van der Waals surface area contributed by atoms with Crippen molar-refractivity contribution in [3.8, 4) is 0 Å². The normalized spacial score (nSPS) is 20.8. The van der Waals surface area contributed by atoms with E-state index in [2.05, 4.69) is 20.6 Å². The molecule has 0 bridgehead atoms. The third-order valence-corrected chi connectivity index (χ3v) is 6.84. The highest BCUT2D eigenvalue weighted by atomic mass is 35.5. The fourth-order valence-electron chi connectivity index (χ4n) is 2.72. The van der Waals surface area contributed by atoms with Crippen molar-refractivity contribution in [2.24, 2.45) is 0 Å². The van der Waals surface area contributed by atoms with E-state index < -0.39 is 10.0 Å². The number of anilines is 2. The van der Waals surface area contributed by atoms with Crippen LogP contribution in [-0.2, 0) is 10.0 Å². The lowest BCUT2D eigenvalue weighted by atomic mass is 10.1. The number of hydrogen-bond donors (Lipinski definition) is 2. The zero-order valence-electron chi connectivity index (χ0n) is 12.4. The van der Waals surface area contributed by atoms with Crippen molar-refractivity contribution in [1.29, 1.82) is 0 Å². The minimum Gasteiger partial charge on any atom is -0.383 e. The predicted molar refractivity (Wildman–Crippen MR) is 86.7 cm³/mol. The fourth-order valence-corrected chi connectivity index (χ4v) is 4.82. The number of halogens is 1. The lowest BCUT2D eigenvalue weighted by molar-refractivity contribution is 0.329. The molecule has 2 fully saturated rings. The highest BCUT2D eigenvalue weighted by molar-refractivity contribution is 7.90. The monoisotopic (exact) mass is 345 g/mol. The summed E-state index contributed by atoms with van der Waals surface area (Å²) in [7, 11) is -1.29. The Balaban J connectivity index is 1.62. The van der Waals surface area contributed by atoms with Gasteiger partial charge < -0.3 is 10.6 Å². The molecule has 122 valence electrons. The van der Waals surface area contributed by atoms with Crippen molar-refractivity contribution in [2.75, 3.05) is 30.8 Å². The van der Waals surface area contributed by atoms with E-state index in [1.165, 1.54) is 6.33 Å². The summed E-state index contributed by atoms with van der Waals surface area (Å²) in [6.45, 7) is 1.12. The molecule has 9 heteroatoms. The number of hydrogen-bond acceptors (Lipinski definition) is 6. The van der Waals surface area contributed by atoms with Gasteiger partial charge in [0.1, 0.15) is 12.0 Å². The Morgan fingerprint density at radius 3 is 2.50 bits per heavy atom. The summed E-state index contributed by atoms with van der Waals surface area (Å²) < 4.78 is 26.1. The number of sulfonamides is 1. The van der Waals surface area contributed by atoms with E-state index in [4.69, 9.17) is 11.6 Å². The van der Waals surface area contributed by atoms with Crippen LogP contribution < -0.4 is 10.6 Å². The van der Waals surface area contributed by atoms with Crippen LogP contribution >= 0.6 is 11.6 Å². The van der Waals surface area contributed by atoms with Crippen LogP contribution in [0.2, 0.25) is 5.15 Å². The maximum absolute atomic E-state index is 12.2. The molecule has 0 spiro atoms. The van der Waals surface area contributed by atoms with Crippen LogP contribution in [0.1, 0.15) is 25.7 Å². The number of aromatic nitrogens is 2. The molecule has 1 aliphatic carbocycles. The summed E-state index contributed by atoms with van der Waals surface area (Å²) in [6.07, 6.45) is 4.56. The second-order valence-corrected chi connectivity index (χ2v) is 8.27. The van der Waals surface area contributed by atoms with Gasteiger partial charge in [0.25, 0.3) is 0 Å². The van der Waals surface area contributed by atoms with Crippen molar-refractivity contribution in [2.45, 2.75) is 37.0 Å². The van der Waals surface area contributed by atoms with Crippen LogP contribution in [0.3, 0.4) is 0 Å². The first-order valence-electron chi connectivity index (χ1n) is 7.46. The Morgan fingerprint density at radius 2 is 1.91 bits per heavy atom. The van der Waals surface area contributed by atoms with Crippen LogP contribution in [0.25, 0.3) is 0 Å². The first kappa shape index (κ1) is 15.8. The van der Waals surface area contributed by atoms with Crippen LogP contribution in [0.5, 0.6) is 0 Å². The average Bonchev–Trinajstić information content (AvgIpc) is 3.33. The van der Waals surface area contributed by atoms with Gasteiger partial charge >= 0.3 is 0 Å². The molecular weight excluding hydrogens is 326 g/mol. The Hall–Kier alpha value is -1.12. The summed E-state index contributed by atoms with van der Waals surface area (Å²) in [6, 6.07) is 0.184. The molecule has 1 aliphatic heterocycles. The van der Waals surface area contributed by atoms with Crippen molar-refractivity contribution < 1.29 is 8.42 Å². The van der Waals surface area contributed by atoms with E-state index in [0.717, 1.165) is 25.7 Å². The van der Waals surface area contributed by atoms with Crippen LogP contribution in [0.4, 0.5) is 11.5 Å². The zero-order chi connectivity index (χ0) is 15.7. The van der Waals surface area contributed by atoms with Crippen molar-refractivity contribution in [1.82, 2.24) is 14.3 Å². The van der Waals surface area contributed by atoms with E-state index >= 15 is 0 Å². The molecule has 1 saturated carbocycles. The summed E-state index contributed by atoms with van der Waals surface area (Å²) in [5.41, 5.74) is 0.664. The zero-order valence-corrected chi connectivity index (χ0v) is 14.0. The second-order valence-electron chi connectivity index (χ2n) is 5.70. The molecule has 2 N–H and O–H groups in total. The Morgan fingerprint density at radius 1 is 1.23 bits per heavy atom. The smallest absolute Gasteiger partial charge is 0.216 e. The van der Waals surface area contributed by atoms with Gasteiger partial charge in [0, 0.05) is 26.2 Å². The maximum Gasteiger partial charge on any atom is 0.216 e. The third-order valence-electron chi connectivity index (χ3n) is 4.15. The first-order valence-corrected chi connectivity index (χ1v) is 9.34. The molecule has 2 aliphatic rings. The fraction of sp³-hybridized carbons (Fsp3) is 0.692. The van der Waals surface area contributed by atoms with E-state index in [1.807, 2.05) is 0 Å². The molecule has 1 aromatic heterocycles. The topological polar surface area (TPSA) is 87.2 Å². The summed E-state index contributed by atoms with van der Waals surface area (Å²) in [5, 5.41) is 6.56. The molecule has 22 heavy (non-hydrogen) atoms. The van der Waals surface area contributed by atoms with E-state index in [1.54, 1.807) is 11.4 Å². The van der Waals surface area contributed by atoms with Gasteiger partial charge in [-0.15, -0.1) is 0 Å². The van der Waals surface area contributed by atoms with Crippen molar-refractivity contribution >= 4 is 33.1 Å². The van der Waals surface area contributed by atoms with Crippen LogP contribution in [-0.4, -0.2) is 54.1 Å². The molecule has 0 atom stereocenters. The van der Waals surface area contributed by atoms with Crippen LogP contribution in [0.15, 0.2) is 6.33 Å². The Bertz CT molecular complexity index is 642. The summed E-state index contributed by atoms with van der Waals surface area (Å²) >= 11 is 6.03. The average molecular weight is 346 g/mol. The largest absolute Gasteiger partial charge is 0.383 e. The van der Waals surface area contributed by atoms with Gasteiger partial charge in [0.15, 0.2) is 11.0 Å². The Labute approximate surface area is 135 Å². The molecule has 7 nitrogen and oxygen atoms in total. The quantitative estimate of drug-likeness (QED) is 0.787. The van der Waals surface area contributed by atoms with E-state index in [9.17, 15) is 8.42 Å². The lowest BCUT2D eigenvalue weighted by Gasteiger charge is -2.32. The van der Waals surface area contributed by atoms with Gasteiger partial charge in [0.05, 0.1) is 5.25 Å². The highest BCUT2D eigenvalue weighted by Crippen LogP contribution is 2.33. The molecule has 0 radical (unpaired) electrons. The molecule has 2 heterocycles. The summed E-state index contributed by atoms with van der Waals surface area (Å²) in [5.74, 6) is 0.658. The minimum absolute atomic E-state index is 0.131. The number of nitrogens with zero attached hydrogens (tertiary/aromatic N) is 3. The molecule has 0 unspecified atom stereocenters. The predicted octanol–water partition coefficient (Wildman–Crippen LogP) is 1.54. The number of nitrogens with one attached hydrogen (secondary N) is 2. The molecule has 3 rings (SSSR count). The lowest BCUT2D eigenvalue weighted by Crippen LogP contribution is -2.43. The van der Waals surface area contributed by atoms with Gasteiger partial charge in [-0.1, -0.05) is 11.6 Å². The molecule has 0 amide bonds. The minimum atomic E-state index is -3.06. The highest BCUT2D eigenvalue weighted by Gasteiger charge is 2.41. The van der Waals surface area contributed by atoms with E-state index in [0.29, 0.717) is 29.7 Å². The molecule has 0 aromatic carbocycles. The summed E-state index contributed by atoms with van der Waals surface area (Å²) in [4.78, 5) is 8.15. The molecular formula is C13H20ClN5O2S. The number of rotatable bonds is 5. The third kappa shape index (κ3) is 3.13. The standard InChI is InChI=1S/C13H20ClN5O2S/c1-15-11-12(14)16-8-17-13(11)18-9-4-6-19(7-5-9)22(20,21)10-2-3-10/h8-10,15H,2-7H2,1H3,(H,16,17,18). The molecule has 1 saturated heterocycles. The van der Waals surface area contributed by atoms with Crippen molar-refractivity contribution in [3.63, 3.8) is 0 Å². The first-order chi connectivity index (χ1) is 10.5. The Kier molecular flexibility index (Phi) is 4.42. The van der Waals surface area contributed by atoms with Crippen molar-refractivity contribution in [3.05, 3.63) is 11.5 Å².